The minimum atomic E-state index is -0.0139. The van der Waals surface area contributed by atoms with Crippen molar-refractivity contribution >= 4 is 0 Å². The number of nitrogens with zero attached hydrogens (tertiary/aromatic N) is 2. The normalized spacial score (nSPS) is 17.2. The Balaban J connectivity index is 2.00. The number of ether oxygens (including phenoxy) is 1. The molecule has 1 fully saturated rings. The SMILES string of the molecule is Cc1cc(OC2CN(C(C)C)C2)cc(=O)n1C. The largest absolute Gasteiger partial charge is 0.487 e. The summed E-state index contributed by atoms with van der Waals surface area (Å²) < 4.78 is 7.41. The summed E-state index contributed by atoms with van der Waals surface area (Å²) in [6, 6.07) is 4.05. The van der Waals surface area contributed by atoms with Crippen molar-refractivity contribution in [2.24, 2.45) is 7.05 Å². The fraction of sp³-hybridized carbons (Fsp3) is 0.615. The van der Waals surface area contributed by atoms with Crippen LogP contribution in [0.3, 0.4) is 0 Å². The number of aromatic nitrogens is 1. The molecule has 0 spiro atoms. The predicted molar refractivity (Wildman–Crippen MR) is 67.5 cm³/mol. The van der Waals surface area contributed by atoms with Gasteiger partial charge in [-0.05, 0) is 26.8 Å². The molecule has 1 aliphatic heterocycles. The van der Waals surface area contributed by atoms with Crippen LogP contribution < -0.4 is 10.3 Å². The minimum Gasteiger partial charge on any atom is -0.487 e. The first-order chi connectivity index (χ1) is 7.97. The summed E-state index contributed by atoms with van der Waals surface area (Å²) in [6.07, 6.45) is 0.226. The van der Waals surface area contributed by atoms with Gasteiger partial charge in [-0.3, -0.25) is 9.69 Å². The van der Waals surface area contributed by atoms with Gasteiger partial charge in [-0.25, -0.2) is 0 Å². The molecule has 0 amide bonds. The van der Waals surface area contributed by atoms with Crippen molar-refractivity contribution in [1.29, 1.82) is 0 Å². The van der Waals surface area contributed by atoms with Gasteiger partial charge < -0.3 is 9.30 Å². The molecule has 0 atom stereocenters. The third kappa shape index (κ3) is 2.52. The first-order valence-electron chi connectivity index (χ1n) is 6.05. The maximum Gasteiger partial charge on any atom is 0.254 e. The second-order valence-corrected chi connectivity index (χ2v) is 5.02. The van der Waals surface area contributed by atoms with E-state index < -0.39 is 0 Å². The monoisotopic (exact) mass is 236 g/mol. The lowest BCUT2D eigenvalue weighted by molar-refractivity contribution is -0.0000135. The summed E-state index contributed by atoms with van der Waals surface area (Å²) in [6.45, 7) is 8.17. The van der Waals surface area contributed by atoms with Crippen LogP contribution in [0, 0.1) is 6.92 Å². The molecule has 2 heterocycles. The topological polar surface area (TPSA) is 34.5 Å². The van der Waals surface area contributed by atoms with Crippen LogP contribution in [0.25, 0.3) is 0 Å². The Morgan fingerprint density at radius 2 is 2.00 bits per heavy atom. The third-order valence-electron chi connectivity index (χ3n) is 3.39. The number of rotatable bonds is 3. The molecule has 4 heteroatoms. The molecule has 0 unspecified atom stereocenters. The highest BCUT2D eigenvalue weighted by Crippen LogP contribution is 2.19. The number of aryl methyl sites for hydroxylation is 1. The van der Waals surface area contributed by atoms with E-state index in [1.54, 1.807) is 17.7 Å². The molecule has 1 aliphatic rings. The van der Waals surface area contributed by atoms with Crippen LogP contribution in [-0.2, 0) is 7.05 Å². The van der Waals surface area contributed by atoms with Crippen LogP contribution in [0.2, 0.25) is 0 Å². The first kappa shape index (κ1) is 12.2. The van der Waals surface area contributed by atoms with Gasteiger partial charge in [0.2, 0.25) is 0 Å². The molecule has 0 radical (unpaired) electrons. The van der Waals surface area contributed by atoms with Crippen LogP contribution in [0.1, 0.15) is 19.5 Å². The van der Waals surface area contributed by atoms with Crippen LogP contribution in [0.15, 0.2) is 16.9 Å². The van der Waals surface area contributed by atoms with E-state index in [1.165, 1.54) is 0 Å². The van der Waals surface area contributed by atoms with Crippen molar-refractivity contribution in [3.8, 4) is 5.75 Å². The number of pyridine rings is 1. The summed E-state index contributed by atoms with van der Waals surface area (Å²) in [5.41, 5.74) is 0.910. The first-order valence-corrected chi connectivity index (χ1v) is 6.05. The van der Waals surface area contributed by atoms with E-state index in [0.29, 0.717) is 11.8 Å². The van der Waals surface area contributed by atoms with Gasteiger partial charge in [-0.15, -0.1) is 0 Å². The van der Waals surface area contributed by atoms with Crippen molar-refractivity contribution in [3.63, 3.8) is 0 Å². The van der Waals surface area contributed by atoms with Crippen molar-refractivity contribution in [2.75, 3.05) is 13.1 Å². The molecule has 0 aromatic carbocycles. The van der Waals surface area contributed by atoms with E-state index in [0.717, 1.165) is 18.8 Å². The highest BCUT2D eigenvalue weighted by Gasteiger charge is 2.30. The molecule has 2 rings (SSSR count). The lowest BCUT2D eigenvalue weighted by atomic mass is 10.1. The molecule has 17 heavy (non-hydrogen) atoms. The summed E-state index contributed by atoms with van der Waals surface area (Å²) in [7, 11) is 1.77. The zero-order chi connectivity index (χ0) is 12.6. The highest BCUT2D eigenvalue weighted by molar-refractivity contribution is 5.23. The average Bonchev–Trinajstić information content (AvgIpc) is 2.18. The highest BCUT2D eigenvalue weighted by atomic mass is 16.5. The summed E-state index contributed by atoms with van der Waals surface area (Å²) in [4.78, 5) is 13.9. The van der Waals surface area contributed by atoms with E-state index in [9.17, 15) is 4.79 Å². The lowest BCUT2D eigenvalue weighted by Crippen LogP contribution is -2.56. The molecule has 1 saturated heterocycles. The third-order valence-corrected chi connectivity index (χ3v) is 3.39. The molecule has 94 valence electrons. The molecule has 4 nitrogen and oxygen atoms in total. The number of hydrogen-bond donors (Lipinski definition) is 0. The molecule has 1 aromatic rings. The second-order valence-electron chi connectivity index (χ2n) is 5.02. The van der Waals surface area contributed by atoms with Gasteiger partial charge in [0.05, 0.1) is 0 Å². The van der Waals surface area contributed by atoms with Crippen molar-refractivity contribution in [1.82, 2.24) is 9.47 Å². The van der Waals surface area contributed by atoms with Gasteiger partial charge in [0.25, 0.3) is 5.56 Å². The summed E-state index contributed by atoms with van der Waals surface area (Å²) in [5, 5.41) is 0. The van der Waals surface area contributed by atoms with E-state index >= 15 is 0 Å². The molecule has 0 bridgehead atoms. The Kier molecular flexibility index (Phi) is 3.24. The van der Waals surface area contributed by atoms with E-state index in [1.807, 2.05) is 13.0 Å². The van der Waals surface area contributed by atoms with Gasteiger partial charge >= 0.3 is 0 Å². The molecular formula is C13H20N2O2. The van der Waals surface area contributed by atoms with Crippen molar-refractivity contribution < 1.29 is 4.74 Å². The van der Waals surface area contributed by atoms with Gasteiger partial charge in [0, 0.05) is 37.9 Å². The molecule has 0 N–H and O–H groups in total. The fourth-order valence-electron chi connectivity index (χ4n) is 1.96. The second kappa shape index (κ2) is 4.53. The maximum atomic E-state index is 11.6. The zero-order valence-corrected chi connectivity index (χ0v) is 10.9. The van der Waals surface area contributed by atoms with Gasteiger partial charge in [-0.1, -0.05) is 0 Å². The minimum absolute atomic E-state index is 0.0139. The van der Waals surface area contributed by atoms with Crippen LogP contribution >= 0.6 is 0 Å². The standard InChI is InChI=1S/C13H20N2O2/c1-9(2)15-7-12(8-15)17-11-5-10(3)14(4)13(16)6-11/h5-6,9,12H,7-8H2,1-4H3. The number of likely N-dealkylation sites (tertiary alicyclic amines) is 1. The maximum absolute atomic E-state index is 11.6. The van der Waals surface area contributed by atoms with Crippen LogP contribution in [-0.4, -0.2) is 34.7 Å². The van der Waals surface area contributed by atoms with E-state index in [-0.39, 0.29) is 11.7 Å². The Labute approximate surface area is 102 Å². The summed E-state index contributed by atoms with van der Waals surface area (Å²) >= 11 is 0. The molecular weight excluding hydrogens is 216 g/mol. The van der Waals surface area contributed by atoms with E-state index in [4.69, 9.17) is 4.74 Å². The van der Waals surface area contributed by atoms with Gasteiger partial charge in [-0.2, -0.15) is 0 Å². The smallest absolute Gasteiger partial charge is 0.254 e. The molecule has 1 aromatic heterocycles. The summed E-state index contributed by atoms with van der Waals surface area (Å²) in [5.74, 6) is 0.694. The lowest BCUT2D eigenvalue weighted by Gasteiger charge is -2.41. The van der Waals surface area contributed by atoms with Crippen LogP contribution in [0.5, 0.6) is 5.75 Å². The fourth-order valence-corrected chi connectivity index (χ4v) is 1.96. The Morgan fingerprint density at radius 3 is 2.53 bits per heavy atom. The van der Waals surface area contributed by atoms with Crippen LogP contribution in [0.4, 0.5) is 0 Å². The van der Waals surface area contributed by atoms with Gasteiger partial charge in [0.1, 0.15) is 11.9 Å². The Morgan fingerprint density at radius 1 is 1.35 bits per heavy atom. The quantitative estimate of drug-likeness (QED) is 0.790. The predicted octanol–water partition coefficient (Wildman–Crippen LogP) is 1.17. The molecule has 0 aliphatic carbocycles. The Hall–Kier alpha value is -1.29. The van der Waals surface area contributed by atoms with E-state index in [2.05, 4.69) is 18.7 Å². The average molecular weight is 236 g/mol. The molecule has 0 saturated carbocycles. The zero-order valence-electron chi connectivity index (χ0n) is 10.9. The van der Waals surface area contributed by atoms with Gasteiger partial charge in [0.15, 0.2) is 0 Å². The van der Waals surface area contributed by atoms with Crippen molar-refractivity contribution in [2.45, 2.75) is 32.9 Å². The Bertz CT molecular complexity index is 459. The number of hydrogen-bond acceptors (Lipinski definition) is 3. The van der Waals surface area contributed by atoms with Crippen molar-refractivity contribution in [3.05, 3.63) is 28.2 Å².